The number of carbonyl (C=O) groups is 1. The van der Waals surface area contributed by atoms with Crippen molar-refractivity contribution in [1.29, 1.82) is 0 Å². The van der Waals surface area contributed by atoms with Crippen LogP contribution < -0.4 is 20.7 Å². The van der Waals surface area contributed by atoms with Gasteiger partial charge in [0.1, 0.15) is 5.75 Å². The average Bonchev–Trinajstić information content (AvgIpc) is 3.16. The molecule has 3 N–H and O–H groups in total. The van der Waals surface area contributed by atoms with Crippen LogP contribution in [0.15, 0.2) is 24.3 Å². The lowest BCUT2D eigenvalue weighted by Gasteiger charge is -2.35. The number of nitrogens with two attached hydrogens (primary N) is 1. The van der Waals surface area contributed by atoms with Gasteiger partial charge in [-0.3, -0.25) is 4.79 Å². The molecule has 0 bridgehead atoms. The highest BCUT2D eigenvalue weighted by molar-refractivity contribution is 5.76. The Morgan fingerprint density at radius 2 is 2.08 bits per heavy atom. The van der Waals surface area contributed by atoms with Crippen molar-refractivity contribution in [2.75, 3.05) is 38.2 Å². The van der Waals surface area contributed by atoms with Gasteiger partial charge in [-0.05, 0) is 49.3 Å². The van der Waals surface area contributed by atoms with Gasteiger partial charge < -0.3 is 20.7 Å². The molecule has 1 saturated carbocycles. The summed E-state index contributed by atoms with van der Waals surface area (Å²) >= 11 is 0. The summed E-state index contributed by atoms with van der Waals surface area (Å²) in [5.41, 5.74) is 7.21. The SMILES string of the molecule is COc1ccccc1N1CCC(CNC(=O)CC2(CN)CCCCC2)C1. The number of anilines is 1. The number of para-hydroxylation sites is 2. The second kappa shape index (κ2) is 8.76. The van der Waals surface area contributed by atoms with Gasteiger partial charge in [-0.25, -0.2) is 0 Å². The van der Waals surface area contributed by atoms with Crippen molar-refractivity contribution in [3.63, 3.8) is 0 Å². The maximum absolute atomic E-state index is 12.5. The first kappa shape index (κ1) is 19.0. The molecule has 0 radical (unpaired) electrons. The number of nitrogens with zero attached hydrogens (tertiary/aromatic N) is 1. The van der Waals surface area contributed by atoms with E-state index >= 15 is 0 Å². The summed E-state index contributed by atoms with van der Waals surface area (Å²) in [5, 5.41) is 3.18. The van der Waals surface area contributed by atoms with Crippen LogP contribution in [0.25, 0.3) is 0 Å². The summed E-state index contributed by atoms with van der Waals surface area (Å²) in [6, 6.07) is 8.15. The predicted octanol–water partition coefficient (Wildman–Crippen LogP) is 2.94. The summed E-state index contributed by atoms with van der Waals surface area (Å²) < 4.78 is 5.48. The first-order valence-corrected chi connectivity index (χ1v) is 10.0. The molecule has 2 aliphatic rings. The first-order chi connectivity index (χ1) is 12.7. The predicted molar refractivity (Wildman–Crippen MR) is 106 cm³/mol. The molecular weight excluding hydrogens is 326 g/mol. The van der Waals surface area contributed by atoms with Gasteiger partial charge in [0, 0.05) is 26.1 Å². The van der Waals surface area contributed by atoms with Gasteiger partial charge in [0.05, 0.1) is 12.8 Å². The number of rotatable bonds is 7. The van der Waals surface area contributed by atoms with Crippen molar-refractivity contribution in [1.82, 2.24) is 5.32 Å². The lowest BCUT2D eigenvalue weighted by atomic mass is 9.71. The highest BCUT2D eigenvalue weighted by Crippen LogP contribution is 2.38. The number of ether oxygens (including phenoxy) is 1. The topological polar surface area (TPSA) is 67.6 Å². The molecule has 1 aromatic carbocycles. The van der Waals surface area contributed by atoms with Crippen molar-refractivity contribution >= 4 is 11.6 Å². The highest BCUT2D eigenvalue weighted by Gasteiger charge is 2.33. The molecule has 1 amide bonds. The second-order valence-electron chi connectivity index (χ2n) is 8.02. The molecule has 144 valence electrons. The maximum atomic E-state index is 12.5. The fraction of sp³-hybridized carbons (Fsp3) is 0.667. The Kier molecular flexibility index (Phi) is 6.41. The molecule has 0 spiro atoms. The number of methoxy groups -OCH3 is 1. The highest BCUT2D eigenvalue weighted by atomic mass is 16.5. The Morgan fingerprint density at radius 1 is 1.31 bits per heavy atom. The maximum Gasteiger partial charge on any atom is 0.220 e. The van der Waals surface area contributed by atoms with Crippen molar-refractivity contribution in [2.45, 2.75) is 44.9 Å². The second-order valence-corrected chi connectivity index (χ2v) is 8.02. The molecule has 1 aromatic rings. The molecule has 1 heterocycles. The number of hydrogen-bond donors (Lipinski definition) is 2. The van der Waals surface area contributed by atoms with Crippen molar-refractivity contribution in [3.8, 4) is 5.75 Å². The molecule has 1 saturated heterocycles. The van der Waals surface area contributed by atoms with Crippen LogP contribution >= 0.6 is 0 Å². The molecule has 5 heteroatoms. The smallest absolute Gasteiger partial charge is 0.220 e. The van der Waals surface area contributed by atoms with Crippen molar-refractivity contribution < 1.29 is 9.53 Å². The van der Waals surface area contributed by atoms with Crippen LogP contribution in [0, 0.1) is 11.3 Å². The van der Waals surface area contributed by atoms with Gasteiger partial charge in [-0.1, -0.05) is 31.4 Å². The number of benzene rings is 1. The van der Waals surface area contributed by atoms with Crippen LogP contribution in [0.4, 0.5) is 5.69 Å². The number of carbonyl (C=O) groups excluding carboxylic acids is 1. The minimum atomic E-state index is 0.0431. The molecule has 1 aliphatic carbocycles. The van der Waals surface area contributed by atoms with Gasteiger partial charge in [-0.2, -0.15) is 0 Å². The third-order valence-corrected chi connectivity index (χ3v) is 6.18. The molecular formula is C21H33N3O2. The van der Waals surface area contributed by atoms with E-state index in [1.54, 1.807) is 7.11 Å². The minimum Gasteiger partial charge on any atom is -0.495 e. The fourth-order valence-corrected chi connectivity index (χ4v) is 4.53. The van der Waals surface area contributed by atoms with Crippen LogP contribution in [-0.4, -0.2) is 39.2 Å². The molecule has 1 aliphatic heterocycles. The quantitative estimate of drug-likeness (QED) is 0.785. The zero-order valence-corrected chi connectivity index (χ0v) is 16.0. The van der Waals surface area contributed by atoms with E-state index in [9.17, 15) is 4.79 Å². The molecule has 1 atom stereocenters. The molecule has 5 nitrogen and oxygen atoms in total. The summed E-state index contributed by atoms with van der Waals surface area (Å²) in [5.74, 6) is 1.58. The Labute approximate surface area is 157 Å². The standard InChI is InChI=1S/C21H33N3O2/c1-26-19-8-4-3-7-18(19)24-12-9-17(15-24)14-23-20(25)13-21(16-22)10-5-2-6-11-21/h3-4,7-8,17H,2,5-6,9-16,22H2,1H3,(H,23,25). The van der Waals surface area contributed by atoms with Gasteiger partial charge in [0.25, 0.3) is 0 Å². The Morgan fingerprint density at radius 3 is 2.81 bits per heavy atom. The summed E-state index contributed by atoms with van der Waals surface area (Å²) in [6.45, 7) is 3.35. The van der Waals surface area contributed by atoms with E-state index in [4.69, 9.17) is 10.5 Å². The normalized spacial score (nSPS) is 22.2. The van der Waals surface area contributed by atoms with Crippen LogP contribution in [-0.2, 0) is 4.79 Å². The summed E-state index contributed by atoms with van der Waals surface area (Å²) in [6.07, 6.45) is 7.59. The Bertz CT molecular complexity index is 599. The van der Waals surface area contributed by atoms with Crippen molar-refractivity contribution in [3.05, 3.63) is 24.3 Å². The van der Waals surface area contributed by atoms with Crippen LogP contribution in [0.1, 0.15) is 44.9 Å². The third kappa shape index (κ3) is 4.50. The Balaban J connectivity index is 1.47. The largest absolute Gasteiger partial charge is 0.495 e. The lowest BCUT2D eigenvalue weighted by molar-refractivity contribution is -0.124. The van der Waals surface area contributed by atoms with E-state index in [2.05, 4.69) is 16.3 Å². The van der Waals surface area contributed by atoms with Crippen molar-refractivity contribution in [2.24, 2.45) is 17.1 Å². The molecule has 1 unspecified atom stereocenters. The molecule has 3 rings (SSSR count). The fourth-order valence-electron chi connectivity index (χ4n) is 4.53. The van der Waals surface area contributed by atoms with E-state index in [1.807, 2.05) is 18.2 Å². The monoisotopic (exact) mass is 359 g/mol. The van der Waals surface area contributed by atoms with E-state index in [0.29, 0.717) is 18.9 Å². The van der Waals surface area contributed by atoms with Crippen LogP contribution in [0.3, 0.4) is 0 Å². The molecule has 26 heavy (non-hydrogen) atoms. The molecule has 2 fully saturated rings. The van der Waals surface area contributed by atoms with Gasteiger partial charge in [-0.15, -0.1) is 0 Å². The Hall–Kier alpha value is -1.75. The van der Waals surface area contributed by atoms with Gasteiger partial charge in [0.15, 0.2) is 0 Å². The number of amides is 1. The van der Waals surface area contributed by atoms with E-state index in [0.717, 1.165) is 50.3 Å². The average molecular weight is 360 g/mol. The van der Waals surface area contributed by atoms with E-state index < -0.39 is 0 Å². The van der Waals surface area contributed by atoms with Crippen LogP contribution in [0.5, 0.6) is 5.75 Å². The minimum absolute atomic E-state index is 0.0431. The van der Waals surface area contributed by atoms with Gasteiger partial charge >= 0.3 is 0 Å². The van der Waals surface area contributed by atoms with Crippen LogP contribution in [0.2, 0.25) is 0 Å². The lowest BCUT2D eigenvalue weighted by Crippen LogP contribution is -2.40. The zero-order valence-electron chi connectivity index (χ0n) is 16.0. The molecule has 0 aromatic heterocycles. The zero-order chi connectivity index (χ0) is 18.4. The number of hydrogen-bond acceptors (Lipinski definition) is 4. The number of nitrogens with one attached hydrogen (secondary N) is 1. The van der Waals surface area contributed by atoms with Gasteiger partial charge in [0.2, 0.25) is 5.91 Å². The van der Waals surface area contributed by atoms with E-state index in [1.165, 1.54) is 19.3 Å². The summed E-state index contributed by atoms with van der Waals surface area (Å²) in [7, 11) is 1.71. The third-order valence-electron chi connectivity index (χ3n) is 6.18. The van der Waals surface area contributed by atoms with E-state index in [-0.39, 0.29) is 11.3 Å². The summed E-state index contributed by atoms with van der Waals surface area (Å²) in [4.78, 5) is 14.8. The first-order valence-electron chi connectivity index (χ1n) is 10.0.